The van der Waals surface area contributed by atoms with Crippen molar-refractivity contribution in [2.45, 2.75) is 6.54 Å². The standard InChI is InChI=1S/C14H12ClN3O/c1-2-14(19)17-13-5-3-4-8-18(13)10-11-6-7-12(15)16-9-11/h2-9H,1,10H2/b17-13+. The lowest BCUT2D eigenvalue weighted by Crippen LogP contribution is -2.21. The summed E-state index contributed by atoms with van der Waals surface area (Å²) in [5.41, 5.74) is 1.55. The van der Waals surface area contributed by atoms with Gasteiger partial charge in [0.2, 0.25) is 0 Å². The molecule has 2 rings (SSSR count). The fourth-order valence-corrected chi connectivity index (χ4v) is 1.67. The Hall–Kier alpha value is -2.20. The van der Waals surface area contributed by atoms with Gasteiger partial charge in [-0.15, -0.1) is 0 Å². The third-order valence-corrected chi connectivity index (χ3v) is 2.68. The van der Waals surface area contributed by atoms with Gasteiger partial charge in [0.25, 0.3) is 5.91 Å². The fourth-order valence-electron chi connectivity index (χ4n) is 1.56. The third-order valence-electron chi connectivity index (χ3n) is 2.46. The number of carbonyl (C=O) groups excluding carboxylic acids is 1. The Bertz CT molecular complexity index is 659. The van der Waals surface area contributed by atoms with Crippen LogP contribution in [0, 0.1) is 0 Å². The van der Waals surface area contributed by atoms with E-state index in [2.05, 4.69) is 16.6 Å². The van der Waals surface area contributed by atoms with Crippen LogP contribution in [-0.2, 0) is 11.3 Å². The van der Waals surface area contributed by atoms with E-state index in [1.54, 1.807) is 18.3 Å². The Kier molecular flexibility index (Phi) is 4.26. The van der Waals surface area contributed by atoms with Gasteiger partial charge in [0.05, 0.1) is 6.54 Å². The van der Waals surface area contributed by atoms with E-state index in [0.29, 0.717) is 17.2 Å². The molecule has 1 amide bonds. The molecule has 0 radical (unpaired) electrons. The van der Waals surface area contributed by atoms with Crippen molar-refractivity contribution < 1.29 is 4.79 Å². The lowest BCUT2D eigenvalue weighted by atomic mass is 10.3. The van der Waals surface area contributed by atoms with E-state index in [1.165, 1.54) is 6.08 Å². The first-order valence-electron chi connectivity index (χ1n) is 5.66. The van der Waals surface area contributed by atoms with Crippen LogP contribution >= 0.6 is 11.6 Å². The minimum Gasteiger partial charge on any atom is -0.328 e. The van der Waals surface area contributed by atoms with E-state index in [9.17, 15) is 4.79 Å². The van der Waals surface area contributed by atoms with Crippen molar-refractivity contribution in [2.24, 2.45) is 4.99 Å². The van der Waals surface area contributed by atoms with E-state index in [0.717, 1.165) is 5.56 Å². The van der Waals surface area contributed by atoms with Crippen LogP contribution in [0.15, 0.2) is 60.4 Å². The number of halogens is 1. The van der Waals surface area contributed by atoms with Crippen molar-refractivity contribution in [1.29, 1.82) is 0 Å². The number of aromatic nitrogens is 2. The van der Waals surface area contributed by atoms with Crippen LogP contribution in [0.1, 0.15) is 5.56 Å². The summed E-state index contributed by atoms with van der Waals surface area (Å²) < 4.78 is 1.85. The third kappa shape index (κ3) is 3.63. The van der Waals surface area contributed by atoms with Crippen molar-refractivity contribution in [3.05, 3.63) is 71.6 Å². The maximum absolute atomic E-state index is 11.3. The van der Waals surface area contributed by atoms with E-state index < -0.39 is 0 Å². The number of carbonyl (C=O) groups is 1. The maximum Gasteiger partial charge on any atom is 0.271 e. The molecule has 19 heavy (non-hydrogen) atoms. The van der Waals surface area contributed by atoms with Crippen molar-refractivity contribution >= 4 is 17.5 Å². The zero-order valence-electron chi connectivity index (χ0n) is 10.2. The first kappa shape index (κ1) is 13.2. The zero-order valence-corrected chi connectivity index (χ0v) is 10.9. The number of amides is 1. The van der Waals surface area contributed by atoms with Crippen molar-refractivity contribution in [3.8, 4) is 0 Å². The first-order chi connectivity index (χ1) is 9.19. The Balaban J connectivity index is 2.35. The molecule has 5 heteroatoms. The summed E-state index contributed by atoms with van der Waals surface area (Å²) in [7, 11) is 0. The Morgan fingerprint density at radius 3 is 2.95 bits per heavy atom. The number of pyridine rings is 2. The van der Waals surface area contributed by atoms with Crippen LogP contribution in [0.5, 0.6) is 0 Å². The molecule has 0 saturated carbocycles. The second kappa shape index (κ2) is 6.11. The molecule has 2 heterocycles. The lowest BCUT2D eigenvalue weighted by Gasteiger charge is -2.06. The van der Waals surface area contributed by atoms with Crippen molar-refractivity contribution in [3.63, 3.8) is 0 Å². The summed E-state index contributed by atoms with van der Waals surface area (Å²) >= 11 is 5.74. The topological polar surface area (TPSA) is 47.2 Å². The highest BCUT2D eigenvalue weighted by Gasteiger charge is 1.98. The second-order valence-corrected chi connectivity index (χ2v) is 4.22. The fraction of sp³-hybridized carbons (Fsp3) is 0.0714. The number of hydrogen-bond donors (Lipinski definition) is 0. The smallest absolute Gasteiger partial charge is 0.271 e. The van der Waals surface area contributed by atoms with Crippen LogP contribution in [0.2, 0.25) is 5.15 Å². The molecule has 96 valence electrons. The zero-order chi connectivity index (χ0) is 13.7. The molecule has 2 aromatic heterocycles. The minimum absolute atomic E-state index is 0.366. The summed E-state index contributed by atoms with van der Waals surface area (Å²) in [6.45, 7) is 3.97. The summed E-state index contributed by atoms with van der Waals surface area (Å²) in [6.07, 6.45) is 4.73. The molecule has 0 aliphatic heterocycles. The van der Waals surface area contributed by atoms with E-state index in [-0.39, 0.29) is 5.91 Å². The Morgan fingerprint density at radius 2 is 2.26 bits per heavy atom. The quantitative estimate of drug-likeness (QED) is 0.636. The highest BCUT2D eigenvalue weighted by molar-refractivity contribution is 6.29. The molecule has 0 aromatic carbocycles. The largest absolute Gasteiger partial charge is 0.328 e. The number of nitrogens with zero attached hydrogens (tertiary/aromatic N) is 3. The molecule has 0 aliphatic carbocycles. The van der Waals surface area contributed by atoms with Gasteiger partial charge in [0.15, 0.2) is 0 Å². The van der Waals surface area contributed by atoms with E-state index in [1.807, 2.05) is 29.0 Å². The molecule has 0 bridgehead atoms. The van der Waals surface area contributed by atoms with Gasteiger partial charge in [-0.05, 0) is 29.8 Å². The normalized spacial score (nSPS) is 11.3. The van der Waals surface area contributed by atoms with Crippen LogP contribution < -0.4 is 5.49 Å². The monoisotopic (exact) mass is 273 g/mol. The van der Waals surface area contributed by atoms with E-state index in [4.69, 9.17) is 11.6 Å². The SMILES string of the molecule is C=CC(=O)/N=c1\ccccn1Cc1ccc(Cl)nc1. The van der Waals surface area contributed by atoms with Crippen LogP contribution in [0.25, 0.3) is 0 Å². The molecule has 0 N–H and O–H groups in total. The predicted molar refractivity (Wildman–Crippen MR) is 73.5 cm³/mol. The van der Waals surface area contributed by atoms with Gasteiger partial charge in [-0.25, -0.2) is 4.98 Å². The highest BCUT2D eigenvalue weighted by atomic mass is 35.5. The molecule has 0 fully saturated rings. The molecule has 0 saturated heterocycles. The molecular weight excluding hydrogens is 262 g/mol. The molecule has 4 nitrogen and oxygen atoms in total. The average molecular weight is 274 g/mol. The second-order valence-electron chi connectivity index (χ2n) is 3.83. The van der Waals surface area contributed by atoms with Gasteiger partial charge in [-0.1, -0.05) is 30.3 Å². The van der Waals surface area contributed by atoms with Gasteiger partial charge >= 0.3 is 0 Å². The summed E-state index contributed by atoms with van der Waals surface area (Å²) in [5.74, 6) is -0.366. The van der Waals surface area contributed by atoms with Crippen molar-refractivity contribution in [2.75, 3.05) is 0 Å². The Morgan fingerprint density at radius 1 is 1.42 bits per heavy atom. The van der Waals surface area contributed by atoms with Crippen LogP contribution in [0.4, 0.5) is 0 Å². The predicted octanol–water partition coefficient (Wildman–Crippen LogP) is 2.20. The summed E-state index contributed by atoms with van der Waals surface area (Å²) in [4.78, 5) is 19.3. The summed E-state index contributed by atoms with van der Waals surface area (Å²) in [5, 5.41) is 0.452. The highest BCUT2D eigenvalue weighted by Crippen LogP contribution is 2.05. The lowest BCUT2D eigenvalue weighted by molar-refractivity contribution is -0.113. The van der Waals surface area contributed by atoms with Gasteiger partial charge in [0, 0.05) is 12.4 Å². The average Bonchev–Trinajstić information content (AvgIpc) is 2.43. The number of hydrogen-bond acceptors (Lipinski definition) is 2. The Labute approximate surface area is 115 Å². The molecule has 0 atom stereocenters. The van der Waals surface area contributed by atoms with Gasteiger partial charge in [0.1, 0.15) is 10.6 Å². The van der Waals surface area contributed by atoms with Crippen LogP contribution in [0.3, 0.4) is 0 Å². The van der Waals surface area contributed by atoms with Crippen molar-refractivity contribution in [1.82, 2.24) is 9.55 Å². The number of rotatable bonds is 3. The molecule has 0 spiro atoms. The van der Waals surface area contributed by atoms with Gasteiger partial charge < -0.3 is 4.57 Å². The van der Waals surface area contributed by atoms with E-state index >= 15 is 0 Å². The molecule has 0 unspecified atom stereocenters. The maximum atomic E-state index is 11.3. The summed E-state index contributed by atoms with van der Waals surface area (Å²) in [6, 6.07) is 9.08. The molecular formula is C14H12ClN3O. The minimum atomic E-state index is -0.366. The molecule has 2 aromatic rings. The molecule has 0 aliphatic rings. The first-order valence-corrected chi connectivity index (χ1v) is 6.04. The van der Waals surface area contributed by atoms with Crippen LogP contribution in [-0.4, -0.2) is 15.5 Å². The van der Waals surface area contributed by atoms with Gasteiger partial charge in [-0.3, -0.25) is 4.79 Å². The van der Waals surface area contributed by atoms with Gasteiger partial charge in [-0.2, -0.15) is 4.99 Å².